The number of hydrogen-bond acceptors (Lipinski definition) is 3. The summed E-state index contributed by atoms with van der Waals surface area (Å²) in [6.07, 6.45) is 0.999. The fraction of sp³-hybridized carbons (Fsp3) is 0.500. The zero-order valence-corrected chi connectivity index (χ0v) is 9.67. The van der Waals surface area contributed by atoms with E-state index in [1.165, 1.54) is 5.56 Å². The van der Waals surface area contributed by atoms with Crippen LogP contribution >= 0.6 is 0 Å². The fourth-order valence-corrected chi connectivity index (χ4v) is 1.41. The summed E-state index contributed by atoms with van der Waals surface area (Å²) < 4.78 is 10.7. The normalized spacial score (nSPS) is 10.1. The van der Waals surface area contributed by atoms with E-state index in [-0.39, 0.29) is 0 Å². The molecule has 0 spiro atoms. The van der Waals surface area contributed by atoms with Gasteiger partial charge in [-0.05, 0) is 44.6 Å². The number of hydrogen-bond donors (Lipinski definition) is 1. The van der Waals surface area contributed by atoms with E-state index in [0.29, 0.717) is 6.61 Å². The topological polar surface area (TPSA) is 30.5 Å². The quantitative estimate of drug-likeness (QED) is 0.775. The Morgan fingerprint density at radius 3 is 2.67 bits per heavy atom. The number of nitrogens with one attached hydrogen (secondary N) is 1. The predicted molar refractivity (Wildman–Crippen MR) is 61.8 cm³/mol. The molecule has 0 bridgehead atoms. The first-order valence-electron chi connectivity index (χ1n) is 5.26. The Morgan fingerprint density at radius 1 is 1.27 bits per heavy atom. The largest absolute Gasteiger partial charge is 0.493 e. The van der Waals surface area contributed by atoms with E-state index in [4.69, 9.17) is 9.47 Å². The van der Waals surface area contributed by atoms with E-state index >= 15 is 0 Å². The minimum absolute atomic E-state index is 0.659. The molecule has 1 N–H and O–H groups in total. The summed E-state index contributed by atoms with van der Waals surface area (Å²) in [5.41, 5.74) is 1.25. The summed E-state index contributed by atoms with van der Waals surface area (Å²) in [5, 5.41) is 3.12. The highest BCUT2D eigenvalue weighted by Crippen LogP contribution is 2.27. The van der Waals surface area contributed by atoms with Crippen LogP contribution in [-0.2, 0) is 6.42 Å². The van der Waals surface area contributed by atoms with Crippen molar-refractivity contribution in [2.75, 3.05) is 27.3 Å². The maximum atomic E-state index is 5.45. The van der Waals surface area contributed by atoms with Crippen LogP contribution in [0.5, 0.6) is 11.5 Å². The lowest BCUT2D eigenvalue weighted by Gasteiger charge is -2.10. The molecule has 0 heterocycles. The molecule has 3 nitrogen and oxygen atoms in total. The fourth-order valence-electron chi connectivity index (χ4n) is 1.41. The minimum Gasteiger partial charge on any atom is -0.493 e. The Labute approximate surface area is 91.4 Å². The monoisotopic (exact) mass is 209 g/mol. The van der Waals surface area contributed by atoms with Gasteiger partial charge in [0.1, 0.15) is 0 Å². The third-order valence-corrected chi connectivity index (χ3v) is 2.19. The van der Waals surface area contributed by atoms with Gasteiger partial charge in [-0.2, -0.15) is 0 Å². The summed E-state index contributed by atoms with van der Waals surface area (Å²) in [6, 6.07) is 6.07. The second kappa shape index (κ2) is 6.30. The number of likely N-dealkylation sites (N-methyl/N-ethyl adjacent to an activating group) is 1. The Morgan fingerprint density at radius 2 is 2.07 bits per heavy atom. The summed E-state index contributed by atoms with van der Waals surface area (Å²) in [6.45, 7) is 3.59. The van der Waals surface area contributed by atoms with Crippen molar-refractivity contribution in [2.24, 2.45) is 0 Å². The summed E-state index contributed by atoms with van der Waals surface area (Å²) in [4.78, 5) is 0. The molecule has 1 aromatic carbocycles. The molecule has 0 fully saturated rings. The average Bonchev–Trinajstić information content (AvgIpc) is 2.28. The first kappa shape index (κ1) is 11.9. The van der Waals surface area contributed by atoms with E-state index < -0.39 is 0 Å². The first-order chi connectivity index (χ1) is 7.31. The van der Waals surface area contributed by atoms with Gasteiger partial charge < -0.3 is 14.8 Å². The lowest BCUT2D eigenvalue weighted by atomic mass is 10.1. The van der Waals surface area contributed by atoms with Crippen LogP contribution in [0, 0.1) is 0 Å². The zero-order valence-electron chi connectivity index (χ0n) is 9.67. The Hall–Kier alpha value is -1.22. The molecule has 0 aliphatic rings. The van der Waals surface area contributed by atoms with Crippen LogP contribution in [-0.4, -0.2) is 27.3 Å². The van der Waals surface area contributed by atoms with Gasteiger partial charge >= 0.3 is 0 Å². The van der Waals surface area contributed by atoms with Crippen molar-refractivity contribution in [3.8, 4) is 11.5 Å². The van der Waals surface area contributed by atoms with Gasteiger partial charge in [0.15, 0.2) is 11.5 Å². The standard InChI is InChI=1S/C12H19NO2/c1-4-15-11-6-5-10(7-8-13-2)9-12(11)14-3/h5-6,9,13H,4,7-8H2,1-3H3. The highest BCUT2D eigenvalue weighted by atomic mass is 16.5. The summed E-state index contributed by atoms with van der Waals surface area (Å²) in [5.74, 6) is 1.62. The van der Waals surface area contributed by atoms with Crippen molar-refractivity contribution < 1.29 is 9.47 Å². The first-order valence-corrected chi connectivity index (χ1v) is 5.26. The average molecular weight is 209 g/mol. The SMILES string of the molecule is CCOc1ccc(CCNC)cc1OC. The van der Waals surface area contributed by atoms with Gasteiger partial charge in [0, 0.05) is 0 Å². The van der Waals surface area contributed by atoms with Crippen molar-refractivity contribution in [3.05, 3.63) is 23.8 Å². The molecule has 0 aromatic heterocycles. The number of benzene rings is 1. The molecule has 0 unspecified atom stereocenters. The number of rotatable bonds is 6. The summed E-state index contributed by atoms with van der Waals surface area (Å²) in [7, 11) is 3.62. The Bertz CT molecular complexity index is 300. The number of ether oxygens (including phenoxy) is 2. The van der Waals surface area contributed by atoms with Gasteiger partial charge in [-0.25, -0.2) is 0 Å². The second-order valence-corrected chi connectivity index (χ2v) is 3.27. The van der Waals surface area contributed by atoms with E-state index in [9.17, 15) is 0 Å². The lowest BCUT2D eigenvalue weighted by Crippen LogP contribution is -2.10. The molecule has 0 aliphatic carbocycles. The third kappa shape index (κ3) is 3.44. The maximum Gasteiger partial charge on any atom is 0.161 e. The minimum atomic E-state index is 0.659. The predicted octanol–water partition coefficient (Wildman–Crippen LogP) is 1.86. The van der Waals surface area contributed by atoms with Crippen LogP contribution in [0.4, 0.5) is 0 Å². The van der Waals surface area contributed by atoms with Crippen LogP contribution in [0.15, 0.2) is 18.2 Å². The lowest BCUT2D eigenvalue weighted by molar-refractivity contribution is 0.310. The van der Waals surface area contributed by atoms with Crippen molar-refractivity contribution in [1.29, 1.82) is 0 Å². The van der Waals surface area contributed by atoms with Gasteiger partial charge in [-0.15, -0.1) is 0 Å². The van der Waals surface area contributed by atoms with E-state index in [0.717, 1.165) is 24.5 Å². The van der Waals surface area contributed by atoms with Gasteiger partial charge in [0.25, 0.3) is 0 Å². The van der Waals surface area contributed by atoms with E-state index in [1.807, 2.05) is 26.1 Å². The molecule has 0 saturated carbocycles. The van der Waals surface area contributed by atoms with Crippen LogP contribution in [0.1, 0.15) is 12.5 Å². The molecule has 0 amide bonds. The third-order valence-electron chi connectivity index (χ3n) is 2.19. The van der Waals surface area contributed by atoms with Gasteiger partial charge in [0.05, 0.1) is 13.7 Å². The molecule has 3 heteroatoms. The van der Waals surface area contributed by atoms with Gasteiger partial charge in [0.2, 0.25) is 0 Å². The summed E-state index contributed by atoms with van der Waals surface area (Å²) >= 11 is 0. The Kier molecular flexibility index (Phi) is 4.98. The molecule has 0 radical (unpaired) electrons. The van der Waals surface area contributed by atoms with Crippen molar-refractivity contribution in [1.82, 2.24) is 5.32 Å². The van der Waals surface area contributed by atoms with E-state index in [1.54, 1.807) is 7.11 Å². The molecule has 84 valence electrons. The number of methoxy groups -OCH3 is 1. The van der Waals surface area contributed by atoms with Gasteiger partial charge in [-0.1, -0.05) is 6.07 Å². The highest BCUT2D eigenvalue weighted by molar-refractivity contribution is 5.43. The van der Waals surface area contributed by atoms with Crippen molar-refractivity contribution >= 4 is 0 Å². The highest BCUT2D eigenvalue weighted by Gasteiger charge is 2.04. The molecule has 1 rings (SSSR count). The Balaban J connectivity index is 2.77. The van der Waals surface area contributed by atoms with Crippen molar-refractivity contribution in [3.63, 3.8) is 0 Å². The van der Waals surface area contributed by atoms with Crippen LogP contribution in [0.25, 0.3) is 0 Å². The van der Waals surface area contributed by atoms with Crippen LogP contribution < -0.4 is 14.8 Å². The molecular weight excluding hydrogens is 190 g/mol. The molecular formula is C12H19NO2. The van der Waals surface area contributed by atoms with Gasteiger partial charge in [-0.3, -0.25) is 0 Å². The van der Waals surface area contributed by atoms with Crippen LogP contribution in [0.3, 0.4) is 0 Å². The molecule has 0 atom stereocenters. The van der Waals surface area contributed by atoms with E-state index in [2.05, 4.69) is 11.4 Å². The van der Waals surface area contributed by atoms with Crippen molar-refractivity contribution in [2.45, 2.75) is 13.3 Å². The second-order valence-electron chi connectivity index (χ2n) is 3.27. The molecule has 1 aromatic rings. The molecule has 15 heavy (non-hydrogen) atoms. The molecule has 0 saturated heterocycles. The zero-order chi connectivity index (χ0) is 11.1. The smallest absolute Gasteiger partial charge is 0.161 e. The van der Waals surface area contributed by atoms with Crippen LogP contribution in [0.2, 0.25) is 0 Å². The molecule has 0 aliphatic heterocycles. The maximum absolute atomic E-state index is 5.45.